The maximum Gasteiger partial charge on any atom is 0.339 e. The molecule has 6 heteroatoms. The van der Waals surface area contributed by atoms with Crippen molar-refractivity contribution >= 4 is 5.97 Å². The lowest BCUT2D eigenvalue weighted by Crippen LogP contribution is -2.27. The fraction of sp³-hybridized carbons (Fsp3) is 0.636. The van der Waals surface area contributed by atoms with Gasteiger partial charge in [-0.3, -0.25) is 4.68 Å². The number of hydrogen-bond acceptors (Lipinski definition) is 4. The van der Waals surface area contributed by atoms with Crippen molar-refractivity contribution in [2.75, 3.05) is 13.2 Å². The summed E-state index contributed by atoms with van der Waals surface area (Å²) in [4.78, 5) is 10.9. The van der Waals surface area contributed by atoms with Gasteiger partial charge in [-0.1, -0.05) is 0 Å². The van der Waals surface area contributed by atoms with Gasteiger partial charge in [-0.2, -0.15) is 5.10 Å². The average molecular weight is 239 g/mol. The zero-order chi connectivity index (χ0) is 12.5. The van der Waals surface area contributed by atoms with Gasteiger partial charge in [-0.05, 0) is 12.8 Å². The van der Waals surface area contributed by atoms with E-state index in [0.29, 0.717) is 18.8 Å². The number of aromatic nitrogens is 2. The van der Waals surface area contributed by atoms with Gasteiger partial charge in [-0.25, -0.2) is 4.79 Å². The summed E-state index contributed by atoms with van der Waals surface area (Å²) in [6.07, 6.45) is 3.43. The zero-order valence-electron chi connectivity index (χ0n) is 9.81. The van der Waals surface area contributed by atoms with E-state index in [-0.39, 0.29) is 17.6 Å². The number of aryl methyl sites for hydroxylation is 1. The van der Waals surface area contributed by atoms with Gasteiger partial charge < -0.3 is 15.5 Å². The Bertz CT molecular complexity index is 424. The number of carboxylic acid groups (broad SMARTS) is 1. The summed E-state index contributed by atoms with van der Waals surface area (Å²) in [5.74, 6) is -0.960. The van der Waals surface area contributed by atoms with Gasteiger partial charge in [0.05, 0.1) is 11.9 Å². The van der Waals surface area contributed by atoms with Gasteiger partial charge in [0.2, 0.25) is 0 Å². The van der Waals surface area contributed by atoms with Crippen molar-refractivity contribution in [1.82, 2.24) is 15.1 Å². The summed E-state index contributed by atoms with van der Waals surface area (Å²) in [7, 11) is 1.72. The van der Waals surface area contributed by atoms with Crippen molar-refractivity contribution in [2.45, 2.75) is 19.4 Å². The highest BCUT2D eigenvalue weighted by molar-refractivity contribution is 5.88. The summed E-state index contributed by atoms with van der Waals surface area (Å²) in [6, 6.07) is 0. The number of hydrogen-bond donors (Lipinski definition) is 3. The Hall–Kier alpha value is -1.40. The Balaban J connectivity index is 1.94. The van der Waals surface area contributed by atoms with Crippen molar-refractivity contribution in [3.8, 4) is 0 Å². The van der Waals surface area contributed by atoms with Crippen LogP contribution in [0.5, 0.6) is 0 Å². The molecule has 1 heterocycles. The van der Waals surface area contributed by atoms with Crippen molar-refractivity contribution < 1.29 is 15.0 Å². The van der Waals surface area contributed by atoms with Gasteiger partial charge in [0.1, 0.15) is 5.56 Å². The van der Waals surface area contributed by atoms with Crippen LogP contribution in [0.15, 0.2) is 6.20 Å². The number of nitrogens with one attached hydrogen (secondary N) is 1. The smallest absolute Gasteiger partial charge is 0.339 e. The Morgan fingerprint density at radius 3 is 2.88 bits per heavy atom. The predicted octanol–water partition coefficient (Wildman–Crippen LogP) is -0.0196. The molecular weight excluding hydrogens is 222 g/mol. The van der Waals surface area contributed by atoms with E-state index in [1.165, 1.54) is 6.20 Å². The van der Waals surface area contributed by atoms with Crippen LogP contribution in [0.2, 0.25) is 0 Å². The monoisotopic (exact) mass is 239 g/mol. The van der Waals surface area contributed by atoms with Crippen LogP contribution in [0.25, 0.3) is 0 Å². The molecule has 1 aromatic heterocycles. The fourth-order valence-corrected chi connectivity index (χ4v) is 1.86. The highest BCUT2D eigenvalue weighted by atomic mass is 16.4. The summed E-state index contributed by atoms with van der Waals surface area (Å²) >= 11 is 0. The largest absolute Gasteiger partial charge is 0.478 e. The van der Waals surface area contributed by atoms with Gasteiger partial charge in [0.15, 0.2) is 0 Å². The number of carbonyl (C=O) groups is 1. The molecule has 1 saturated carbocycles. The van der Waals surface area contributed by atoms with Crippen molar-refractivity contribution in [2.24, 2.45) is 12.5 Å². The number of aromatic carboxylic acids is 1. The quantitative estimate of drug-likeness (QED) is 0.649. The molecule has 0 saturated heterocycles. The molecule has 2 rings (SSSR count). The molecular formula is C11H17N3O3. The highest BCUT2D eigenvalue weighted by Crippen LogP contribution is 2.44. The SMILES string of the molecule is Cn1ncc(C(=O)O)c1CNCC1(CO)CC1. The fourth-order valence-electron chi connectivity index (χ4n) is 1.86. The number of aliphatic hydroxyl groups excluding tert-OH is 1. The van der Waals surface area contributed by atoms with Crippen molar-refractivity contribution in [3.05, 3.63) is 17.5 Å². The molecule has 1 aliphatic carbocycles. The van der Waals surface area contributed by atoms with E-state index in [1.807, 2.05) is 0 Å². The number of nitrogens with zero attached hydrogens (tertiary/aromatic N) is 2. The van der Waals surface area contributed by atoms with Gasteiger partial charge in [0, 0.05) is 32.2 Å². The predicted molar refractivity (Wildman–Crippen MR) is 60.6 cm³/mol. The maximum absolute atomic E-state index is 10.9. The van der Waals surface area contributed by atoms with Gasteiger partial charge >= 0.3 is 5.97 Å². The molecule has 0 unspecified atom stereocenters. The molecule has 0 radical (unpaired) electrons. The van der Waals surface area contributed by atoms with Gasteiger partial charge in [-0.15, -0.1) is 0 Å². The first-order valence-corrected chi connectivity index (χ1v) is 5.64. The Morgan fingerprint density at radius 2 is 2.35 bits per heavy atom. The Kier molecular flexibility index (Phi) is 3.17. The van der Waals surface area contributed by atoms with Crippen LogP contribution in [0.3, 0.4) is 0 Å². The minimum absolute atomic E-state index is 0.0297. The molecule has 0 spiro atoms. The maximum atomic E-state index is 10.9. The van der Waals surface area contributed by atoms with E-state index in [1.54, 1.807) is 11.7 Å². The molecule has 0 aromatic carbocycles. The van der Waals surface area contributed by atoms with E-state index < -0.39 is 5.97 Å². The Morgan fingerprint density at radius 1 is 1.65 bits per heavy atom. The van der Waals surface area contributed by atoms with E-state index in [0.717, 1.165) is 12.8 Å². The Labute approximate surface area is 99.3 Å². The summed E-state index contributed by atoms with van der Waals surface area (Å²) in [5, 5.41) is 25.3. The summed E-state index contributed by atoms with van der Waals surface area (Å²) in [6.45, 7) is 1.37. The number of aliphatic hydroxyl groups is 1. The first kappa shape index (κ1) is 12.1. The minimum Gasteiger partial charge on any atom is -0.478 e. The molecule has 1 aliphatic rings. The van der Waals surface area contributed by atoms with Crippen LogP contribution in [0.4, 0.5) is 0 Å². The van der Waals surface area contributed by atoms with E-state index >= 15 is 0 Å². The van der Waals surface area contributed by atoms with Crippen LogP contribution in [-0.4, -0.2) is 39.1 Å². The average Bonchev–Trinajstić information content (AvgIpc) is 2.98. The molecule has 3 N–H and O–H groups in total. The first-order chi connectivity index (χ1) is 8.08. The van der Waals surface area contributed by atoms with Crippen molar-refractivity contribution in [3.63, 3.8) is 0 Å². The van der Waals surface area contributed by atoms with Crippen LogP contribution in [0, 0.1) is 5.41 Å². The molecule has 1 aromatic rings. The second-order valence-corrected chi connectivity index (χ2v) is 4.70. The molecule has 0 amide bonds. The summed E-state index contributed by atoms with van der Waals surface area (Å²) < 4.78 is 1.56. The third kappa shape index (κ3) is 2.48. The highest BCUT2D eigenvalue weighted by Gasteiger charge is 2.41. The third-order valence-electron chi connectivity index (χ3n) is 3.38. The number of rotatable bonds is 6. The molecule has 94 valence electrons. The molecule has 0 aliphatic heterocycles. The van der Waals surface area contributed by atoms with E-state index in [9.17, 15) is 4.79 Å². The van der Waals surface area contributed by atoms with Crippen LogP contribution in [-0.2, 0) is 13.6 Å². The topological polar surface area (TPSA) is 87.4 Å². The lowest BCUT2D eigenvalue weighted by Gasteiger charge is -2.13. The van der Waals surface area contributed by atoms with Gasteiger partial charge in [0.25, 0.3) is 0 Å². The molecule has 1 fully saturated rings. The molecule has 17 heavy (non-hydrogen) atoms. The van der Waals surface area contributed by atoms with Crippen LogP contribution in [0.1, 0.15) is 28.9 Å². The lowest BCUT2D eigenvalue weighted by atomic mass is 10.1. The second kappa shape index (κ2) is 4.46. The van der Waals surface area contributed by atoms with E-state index in [4.69, 9.17) is 10.2 Å². The van der Waals surface area contributed by atoms with E-state index in [2.05, 4.69) is 10.4 Å². The first-order valence-electron chi connectivity index (χ1n) is 5.64. The third-order valence-corrected chi connectivity index (χ3v) is 3.38. The zero-order valence-corrected chi connectivity index (χ0v) is 9.81. The molecule has 0 atom stereocenters. The normalized spacial score (nSPS) is 17.1. The van der Waals surface area contributed by atoms with Crippen molar-refractivity contribution in [1.29, 1.82) is 0 Å². The second-order valence-electron chi connectivity index (χ2n) is 4.70. The molecule has 6 nitrogen and oxygen atoms in total. The summed E-state index contributed by atoms with van der Waals surface area (Å²) in [5.41, 5.74) is 0.919. The van der Waals surface area contributed by atoms with Crippen LogP contribution >= 0.6 is 0 Å². The standard InChI is InChI=1S/C11H17N3O3/c1-14-9(8(4-13-14)10(16)17)5-12-6-11(7-15)2-3-11/h4,12,15H,2-3,5-7H2,1H3,(H,16,17). The number of carboxylic acids is 1. The minimum atomic E-state index is -0.960. The lowest BCUT2D eigenvalue weighted by molar-refractivity contribution is 0.0695. The molecule has 0 bridgehead atoms. The van der Waals surface area contributed by atoms with Crippen LogP contribution < -0.4 is 5.32 Å².